The van der Waals surface area contributed by atoms with Gasteiger partial charge in [0, 0.05) is 13.2 Å². The lowest BCUT2D eigenvalue weighted by Crippen LogP contribution is -2.50. The normalized spacial score (nSPS) is 16.5. The van der Waals surface area contributed by atoms with Crippen LogP contribution in [0.2, 0.25) is 11.6 Å². The van der Waals surface area contributed by atoms with Crippen LogP contribution >= 0.6 is 0 Å². The fraction of sp³-hybridized carbons (Fsp3) is 0.889. The van der Waals surface area contributed by atoms with Crippen LogP contribution in [0, 0.1) is 0 Å². The summed E-state index contributed by atoms with van der Waals surface area (Å²) in [4.78, 5) is 10.7. The molecule has 0 fully saturated rings. The van der Waals surface area contributed by atoms with Gasteiger partial charge in [-0.2, -0.15) is 0 Å². The van der Waals surface area contributed by atoms with Gasteiger partial charge in [-0.1, -0.05) is 27.3 Å². The Hall–Kier alpha value is -0.353. The van der Waals surface area contributed by atoms with E-state index >= 15 is 0 Å². The Bertz CT molecular complexity index is 186. The first-order chi connectivity index (χ1) is 5.73. The Labute approximate surface area is 81.1 Å². The number of ether oxygens (including phenoxy) is 1. The number of carbonyl (C=O) groups excluding carboxylic acids is 1. The zero-order valence-electron chi connectivity index (χ0n) is 9.18. The Kier molecular flexibility index (Phi) is 4.12. The molecule has 0 aliphatic carbocycles. The molecule has 0 aliphatic heterocycles. The van der Waals surface area contributed by atoms with Crippen molar-refractivity contribution >= 4 is 14.0 Å². The van der Waals surface area contributed by atoms with Crippen molar-refractivity contribution in [3.05, 3.63) is 0 Å². The Balaban J connectivity index is 4.38. The molecule has 0 aliphatic rings. The molecule has 13 heavy (non-hydrogen) atoms. The van der Waals surface area contributed by atoms with Gasteiger partial charge in [0.15, 0.2) is 0 Å². The van der Waals surface area contributed by atoms with Crippen LogP contribution in [0.5, 0.6) is 0 Å². The van der Waals surface area contributed by atoms with Crippen LogP contribution in [0.1, 0.15) is 27.7 Å². The third-order valence-corrected chi connectivity index (χ3v) is 7.85. The summed E-state index contributed by atoms with van der Waals surface area (Å²) in [7, 11) is -1.88. The standard InChI is InChI=1S/C9H20O3Si/c1-8(11)12-7-13(5,6-10)9(2,3)4/h10H,6-7H2,1-5H3. The molecule has 1 N–H and O–H groups in total. The second-order valence-electron chi connectivity index (χ2n) is 4.75. The molecular formula is C9H20O3Si. The molecule has 0 saturated heterocycles. The summed E-state index contributed by atoms with van der Waals surface area (Å²) < 4.78 is 4.99. The maximum absolute atomic E-state index is 10.7. The summed E-state index contributed by atoms with van der Waals surface area (Å²) in [6, 6.07) is 0. The van der Waals surface area contributed by atoms with E-state index in [1.807, 2.05) is 0 Å². The highest BCUT2D eigenvalue weighted by Gasteiger charge is 2.40. The molecule has 78 valence electrons. The summed E-state index contributed by atoms with van der Waals surface area (Å²) in [5.74, 6) is -0.267. The summed E-state index contributed by atoms with van der Waals surface area (Å²) in [5.41, 5.74) is 0. The topological polar surface area (TPSA) is 46.5 Å². The predicted octanol–water partition coefficient (Wildman–Crippen LogP) is 1.50. The molecule has 0 aromatic heterocycles. The largest absolute Gasteiger partial charge is 0.470 e. The van der Waals surface area contributed by atoms with Crippen molar-refractivity contribution in [3.63, 3.8) is 0 Å². The van der Waals surface area contributed by atoms with Crippen LogP contribution in [0.25, 0.3) is 0 Å². The van der Waals surface area contributed by atoms with Crippen LogP contribution in [0.3, 0.4) is 0 Å². The molecule has 0 heterocycles. The van der Waals surface area contributed by atoms with Gasteiger partial charge >= 0.3 is 5.97 Å². The Morgan fingerprint density at radius 1 is 1.46 bits per heavy atom. The van der Waals surface area contributed by atoms with Crippen molar-refractivity contribution in [2.24, 2.45) is 0 Å². The van der Waals surface area contributed by atoms with Crippen molar-refractivity contribution in [1.82, 2.24) is 0 Å². The average Bonchev–Trinajstić information content (AvgIpc) is 1.98. The molecule has 1 unspecified atom stereocenters. The third kappa shape index (κ3) is 3.48. The minimum Gasteiger partial charge on any atom is -0.470 e. The average molecular weight is 204 g/mol. The van der Waals surface area contributed by atoms with Crippen LogP contribution in [0.4, 0.5) is 0 Å². The van der Waals surface area contributed by atoms with Gasteiger partial charge in [0.05, 0.1) is 6.23 Å². The molecule has 4 heteroatoms. The minimum atomic E-state index is -1.88. The fourth-order valence-electron chi connectivity index (χ4n) is 0.760. The summed E-state index contributed by atoms with van der Waals surface area (Å²) in [5, 5.41) is 9.36. The van der Waals surface area contributed by atoms with E-state index in [9.17, 15) is 9.90 Å². The number of aliphatic hydroxyl groups is 1. The van der Waals surface area contributed by atoms with Crippen molar-refractivity contribution in [2.45, 2.75) is 39.3 Å². The first-order valence-corrected chi connectivity index (χ1v) is 7.38. The third-order valence-electron chi connectivity index (χ3n) is 2.75. The minimum absolute atomic E-state index is 0.0528. The van der Waals surface area contributed by atoms with Gasteiger partial charge in [0.2, 0.25) is 0 Å². The maximum atomic E-state index is 10.7. The van der Waals surface area contributed by atoms with E-state index < -0.39 is 8.07 Å². The van der Waals surface area contributed by atoms with E-state index in [2.05, 4.69) is 27.3 Å². The molecular weight excluding hydrogens is 184 g/mol. The fourth-order valence-corrected chi connectivity index (χ4v) is 2.28. The number of rotatable bonds is 3. The summed E-state index contributed by atoms with van der Waals surface area (Å²) in [6.45, 7) is 9.70. The highest BCUT2D eigenvalue weighted by atomic mass is 28.3. The number of hydrogen-bond donors (Lipinski definition) is 1. The molecule has 1 atom stereocenters. The monoisotopic (exact) mass is 204 g/mol. The SMILES string of the molecule is CC(=O)OC[Si](C)(CO)C(C)(C)C. The summed E-state index contributed by atoms with van der Waals surface area (Å²) >= 11 is 0. The highest BCUT2D eigenvalue weighted by Crippen LogP contribution is 2.35. The second kappa shape index (κ2) is 4.24. The molecule has 0 radical (unpaired) electrons. The van der Waals surface area contributed by atoms with E-state index in [1.165, 1.54) is 6.92 Å². The second-order valence-corrected chi connectivity index (χ2v) is 9.98. The predicted molar refractivity (Wildman–Crippen MR) is 55.1 cm³/mol. The molecule has 0 aromatic carbocycles. The first-order valence-electron chi connectivity index (χ1n) is 4.47. The smallest absolute Gasteiger partial charge is 0.302 e. The van der Waals surface area contributed by atoms with Gasteiger partial charge in [0.1, 0.15) is 8.07 Å². The zero-order chi connectivity index (χ0) is 10.7. The van der Waals surface area contributed by atoms with Crippen molar-refractivity contribution in [1.29, 1.82) is 0 Å². The number of carbonyl (C=O) groups is 1. The molecule has 0 aromatic rings. The van der Waals surface area contributed by atoms with Gasteiger partial charge in [-0.25, -0.2) is 0 Å². The highest BCUT2D eigenvalue weighted by molar-refractivity contribution is 6.81. The lowest BCUT2D eigenvalue weighted by molar-refractivity contribution is -0.139. The van der Waals surface area contributed by atoms with E-state index in [4.69, 9.17) is 4.74 Å². The first kappa shape index (κ1) is 12.6. The van der Waals surface area contributed by atoms with Crippen LogP contribution in [-0.2, 0) is 9.53 Å². The quantitative estimate of drug-likeness (QED) is 0.560. The van der Waals surface area contributed by atoms with Crippen molar-refractivity contribution in [2.75, 3.05) is 12.5 Å². The van der Waals surface area contributed by atoms with Crippen LogP contribution in [-0.4, -0.2) is 31.6 Å². The van der Waals surface area contributed by atoms with Crippen molar-refractivity contribution < 1.29 is 14.6 Å². The Morgan fingerprint density at radius 3 is 2.15 bits per heavy atom. The molecule has 0 spiro atoms. The van der Waals surface area contributed by atoms with Crippen molar-refractivity contribution in [3.8, 4) is 0 Å². The molecule has 0 rings (SSSR count). The molecule has 0 amide bonds. The van der Waals surface area contributed by atoms with Crippen LogP contribution in [0.15, 0.2) is 0 Å². The Morgan fingerprint density at radius 2 is 1.92 bits per heavy atom. The number of aliphatic hydroxyl groups excluding tert-OH is 1. The van der Waals surface area contributed by atoms with Gasteiger partial charge < -0.3 is 9.84 Å². The number of esters is 1. The summed E-state index contributed by atoms with van der Waals surface area (Å²) in [6.07, 6.45) is 0.562. The van der Waals surface area contributed by atoms with Crippen LogP contribution < -0.4 is 0 Å². The van der Waals surface area contributed by atoms with E-state index in [0.717, 1.165) is 0 Å². The van der Waals surface area contributed by atoms with E-state index in [0.29, 0.717) is 6.23 Å². The zero-order valence-corrected chi connectivity index (χ0v) is 10.2. The maximum Gasteiger partial charge on any atom is 0.302 e. The van der Waals surface area contributed by atoms with Gasteiger partial charge in [-0.05, 0) is 5.04 Å². The van der Waals surface area contributed by atoms with Gasteiger partial charge in [-0.15, -0.1) is 0 Å². The molecule has 0 bridgehead atoms. The molecule has 0 saturated carbocycles. The number of hydrogen-bond acceptors (Lipinski definition) is 3. The van der Waals surface area contributed by atoms with E-state index in [1.54, 1.807) is 0 Å². The van der Waals surface area contributed by atoms with Gasteiger partial charge in [0.25, 0.3) is 0 Å². The lowest BCUT2D eigenvalue weighted by atomic mass is 10.2. The molecule has 3 nitrogen and oxygen atoms in total. The lowest BCUT2D eigenvalue weighted by Gasteiger charge is -2.37. The van der Waals surface area contributed by atoms with E-state index in [-0.39, 0.29) is 17.2 Å². The van der Waals surface area contributed by atoms with Gasteiger partial charge in [-0.3, -0.25) is 4.79 Å².